The van der Waals surface area contributed by atoms with Crippen LogP contribution < -0.4 is 15.5 Å². The minimum atomic E-state index is -4.46. The highest BCUT2D eigenvalue weighted by Gasteiger charge is 2.30. The van der Waals surface area contributed by atoms with Crippen molar-refractivity contribution < 1.29 is 18.0 Å². The number of hydrogen-bond acceptors (Lipinski definition) is 2. The Morgan fingerprint density at radius 1 is 1.12 bits per heavy atom. The van der Waals surface area contributed by atoms with Gasteiger partial charge in [-0.25, -0.2) is 4.79 Å². The van der Waals surface area contributed by atoms with Gasteiger partial charge in [0.05, 0.1) is 17.8 Å². The van der Waals surface area contributed by atoms with Gasteiger partial charge < -0.3 is 15.5 Å². The van der Waals surface area contributed by atoms with Gasteiger partial charge in [-0.3, -0.25) is 0 Å². The molecule has 0 spiro atoms. The van der Waals surface area contributed by atoms with Crippen molar-refractivity contribution in [1.29, 1.82) is 0 Å². The minimum Gasteiger partial charge on any atom is -0.377 e. The molecule has 2 aromatic rings. The molecule has 0 radical (unpaired) electrons. The largest absolute Gasteiger partial charge is 0.416 e. The second-order valence-corrected chi connectivity index (χ2v) is 5.60. The summed E-state index contributed by atoms with van der Waals surface area (Å²) in [4.78, 5) is 13.7. The number of hydrogen-bond donors (Lipinski definition) is 2. The number of rotatable bonds is 3. The van der Waals surface area contributed by atoms with Crippen molar-refractivity contribution in [3.8, 4) is 11.8 Å². The summed E-state index contributed by atoms with van der Waals surface area (Å²) in [6.45, 7) is 0.0621. The number of para-hydroxylation sites is 1. The van der Waals surface area contributed by atoms with Gasteiger partial charge in [0, 0.05) is 25.3 Å². The predicted molar refractivity (Wildman–Crippen MR) is 96.1 cm³/mol. The molecule has 0 aliphatic heterocycles. The van der Waals surface area contributed by atoms with E-state index in [1.165, 1.54) is 12.1 Å². The molecule has 0 heterocycles. The molecule has 0 unspecified atom stereocenters. The van der Waals surface area contributed by atoms with Gasteiger partial charge in [-0.05, 0) is 30.3 Å². The number of carbonyl (C=O) groups excluding carboxylic acids is 1. The molecule has 2 aromatic carbocycles. The van der Waals surface area contributed by atoms with E-state index in [0.717, 1.165) is 23.4 Å². The first-order chi connectivity index (χ1) is 12.3. The maximum Gasteiger partial charge on any atom is 0.416 e. The van der Waals surface area contributed by atoms with E-state index in [1.807, 2.05) is 43.3 Å². The first-order valence-electron chi connectivity index (χ1n) is 7.74. The number of nitrogens with zero attached hydrogens (tertiary/aromatic N) is 1. The van der Waals surface area contributed by atoms with Crippen LogP contribution in [0.15, 0.2) is 48.5 Å². The van der Waals surface area contributed by atoms with Crippen LogP contribution >= 0.6 is 0 Å². The molecule has 4 nitrogen and oxygen atoms in total. The molecule has 2 N–H and O–H groups in total. The maximum atomic E-state index is 12.7. The lowest BCUT2D eigenvalue weighted by Crippen LogP contribution is -2.29. The van der Waals surface area contributed by atoms with Crippen LogP contribution in [0.3, 0.4) is 0 Å². The molecular weight excluding hydrogens is 343 g/mol. The summed E-state index contributed by atoms with van der Waals surface area (Å²) in [6.07, 6.45) is -4.46. The van der Waals surface area contributed by atoms with E-state index < -0.39 is 17.8 Å². The number of urea groups is 1. The van der Waals surface area contributed by atoms with Gasteiger partial charge in [0.1, 0.15) is 0 Å². The smallest absolute Gasteiger partial charge is 0.377 e. The fraction of sp³-hybridized carbons (Fsp3) is 0.211. The SMILES string of the molecule is CN(C)c1ccccc1C#CCNC(=O)Nc1cccc(C(F)(F)F)c1. The predicted octanol–water partition coefficient (Wildman–Crippen LogP) is 3.94. The van der Waals surface area contributed by atoms with Gasteiger partial charge in [-0.15, -0.1) is 0 Å². The van der Waals surface area contributed by atoms with Crippen molar-refractivity contribution >= 4 is 17.4 Å². The summed E-state index contributed by atoms with van der Waals surface area (Å²) in [5, 5.41) is 4.85. The van der Waals surface area contributed by atoms with E-state index >= 15 is 0 Å². The zero-order valence-electron chi connectivity index (χ0n) is 14.3. The van der Waals surface area contributed by atoms with Crippen molar-refractivity contribution in [2.24, 2.45) is 0 Å². The van der Waals surface area contributed by atoms with E-state index in [-0.39, 0.29) is 12.2 Å². The molecule has 0 fully saturated rings. The maximum absolute atomic E-state index is 12.7. The van der Waals surface area contributed by atoms with Crippen molar-refractivity contribution in [2.75, 3.05) is 30.9 Å². The lowest BCUT2D eigenvalue weighted by atomic mass is 10.1. The molecular formula is C19H18F3N3O. The third-order valence-electron chi connectivity index (χ3n) is 3.39. The molecule has 0 aromatic heterocycles. The number of benzene rings is 2. The lowest BCUT2D eigenvalue weighted by molar-refractivity contribution is -0.137. The molecule has 0 atom stereocenters. The van der Waals surface area contributed by atoms with E-state index in [4.69, 9.17) is 0 Å². The highest BCUT2D eigenvalue weighted by molar-refractivity contribution is 5.89. The Kier molecular flexibility index (Phi) is 6.12. The average Bonchev–Trinajstić information content (AvgIpc) is 2.58. The minimum absolute atomic E-state index is 0.0586. The summed E-state index contributed by atoms with van der Waals surface area (Å²) < 4.78 is 38.0. The Morgan fingerprint density at radius 3 is 2.54 bits per heavy atom. The third-order valence-corrected chi connectivity index (χ3v) is 3.39. The molecule has 0 aliphatic rings. The van der Waals surface area contributed by atoms with Crippen molar-refractivity contribution in [3.63, 3.8) is 0 Å². The van der Waals surface area contributed by atoms with Crippen LogP contribution in [0.4, 0.5) is 29.3 Å². The summed E-state index contributed by atoms with van der Waals surface area (Å²) in [6, 6.07) is 11.4. The van der Waals surface area contributed by atoms with Gasteiger partial charge in [-0.1, -0.05) is 30.0 Å². The number of nitrogens with one attached hydrogen (secondary N) is 2. The summed E-state index contributed by atoms with van der Waals surface area (Å²) in [5.41, 5.74) is 1.00. The molecule has 2 amide bonds. The molecule has 7 heteroatoms. The summed E-state index contributed by atoms with van der Waals surface area (Å²) in [7, 11) is 3.81. The van der Waals surface area contributed by atoms with Crippen molar-refractivity contribution in [2.45, 2.75) is 6.18 Å². The standard InChI is InChI=1S/C19H18F3N3O/c1-25(2)17-11-4-3-7-14(17)8-6-12-23-18(26)24-16-10-5-9-15(13-16)19(20,21)22/h3-5,7,9-11,13H,12H2,1-2H3,(H2,23,24,26). The first-order valence-corrected chi connectivity index (χ1v) is 7.74. The van der Waals surface area contributed by atoms with Gasteiger partial charge in [-0.2, -0.15) is 13.2 Å². The summed E-state index contributed by atoms with van der Waals surface area (Å²) in [5.74, 6) is 5.78. The lowest BCUT2D eigenvalue weighted by Gasteiger charge is -2.13. The quantitative estimate of drug-likeness (QED) is 0.814. The number of alkyl halides is 3. The van der Waals surface area contributed by atoms with Crippen LogP contribution in [-0.4, -0.2) is 26.7 Å². The van der Waals surface area contributed by atoms with Crippen molar-refractivity contribution in [3.05, 3.63) is 59.7 Å². The fourth-order valence-corrected chi connectivity index (χ4v) is 2.18. The van der Waals surface area contributed by atoms with Gasteiger partial charge >= 0.3 is 12.2 Å². The topological polar surface area (TPSA) is 44.4 Å². The molecule has 0 bridgehead atoms. The molecule has 26 heavy (non-hydrogen) atoms. The monoisotopic (exact) mass is 361 g/mol. The van der Waals surface area contributed by atoms with Crippen LogP contribution in [0.25, 0.3) is 0 Å². The number of amides is 2. The highest BCUT2D eigenvalue weighted by atomic mass is 19.4. The fourth-order valence-electron chi connectivity index (χ4n) is 2.18. The second kappa shape index (κ2) is 8.30. The van der Waals surface area contributed by atoms with Crippen LogP contribution in [-0.2, 0) is 6.18 Å². The molecule has 136 valence electrons. The Balaban J connectivity index is 1.93. The Bertz CT molecular complexity index is 836. The number of halogens is 3. The summed E-state index contributed by atoms with van der Waals surface area (Å²) >= 11 is 0. The average molecular weight is 361 g/mol. The van der Waals surface area contributed by atoms with E-state index in [9.17, 15) is 18.0 Å². The van der Waals surface area contributed by atoms with E-state index in [0.29, 0.717) is 0 Å². The van der Waals surface area contributed by atoms with Crippen molar-refractivity contribution in [1.82, 2.24) is 5.32 Å². The zero-order valence-corrected chi connectivity index (χ0v) is 14.3. The van der Waals surface area contributed by atoms with Crippen LogP contribution in [0.5, 0.6) is 0 Å². The van der Waals surface area contributed by atoms with Crippen LogP contribution in [0, 0.1) is 11.8 Å². The Labute approximate surface area is 150 Å². The van der Waals surface area contributed by atoms with Gasteiger partial charge in [0.25, 0.3) is 0 Å². The molecule has 2 rings (SSSR count). The third kappa shape index (κ3) is 5.45. The molecule has 0 saturated heterocycles. The highest BCUT2D eigenvalue weighted by Crippen LogP contribution is 2.30. The number of anilines is 2. The second-order valence-electron chi connectivity index (χ2n) is 5.60. The van der Waals surface area contributed by atoms with E-state index in [1.54, 1.807) is 0 Å². The Morgan fingerprint density at radius 2 is 1.85 bits per heavy atom. The normalized spacial score (nSPS) is 10.5. The number of carbonyl (C=O) groups is 1. The van der Waals surface area contributed by atoms with E-state index in [2.05, 4.69) is 22.5 Å². The van der Waals surface area contributed by atoms with Gasteiger partial charge in [0.2, 0.25) is 0 Å². The molecule has 0 saturated carbocycles. The Hall–Kier alpha value is -3.14. The van der Waals surface area contributed by atoms with Gasteiger partial charge in [0.15, 0.2) is 0 Å². The van der Waals surface area contributed by atoms with Crippen LogP contribution in [0.2, 0.25) is 0 Å². The zero-order chi connectivity index (χ0) is 19.2. The van der Waals surface area contributed by atoms with Crippen LogP contribution in [0.1, 0.15) is 11.1 Å². The first kappa shape index (κ1) is 19.2. The molecule has 0 aliphatic carbocycles.